The molecule has 0 unspecified atom stereocenters. The summed E-state index contributed by atoms with van der Waals surface area (Å²) in [6.07, 6.45) is 4.94. The molecule has 1 aromatic heterocycles. The standard InChI is InChI=1S/C15H18N2O3S/c18-14(4-3-13-2-1-11-21-13)16-7-5-12(6-8-16)17-9-10-20-15(17)19/h1-4,11-12H,5-10H2. The van der Waals surface area contributed by atoms with Crippen molar-refractivity contribution in [3.63, 3.8) is 0 Å². The zero-order valence-corrected chi connectivity index (χ0v) is 12.6. The Morgan fingerprint density at radius 1 is 1.33 bits per heavy atom. The van der Waals surface area contributed by atoms with Gasteiger partial charge < -0.3 is 14.5 Å². The third kappa shape index (κ3) is 3.26. The molecular formula is C15H18N2O3S. The van der Waals surface area contributed by atoms with Crippen LogP contribution in [0.15, 0.2) is 23.6 Å². The molecule has 0 aromatic carbocycles. The van der Waals surface area contributed by atoms with Gasteiger partial charge in [-0.3, -0.25) is 4.79 Å². The quantitative estimate of drug-likeness (QED) is 0.805. The number of nitrogens with zero attached hydrogens (tertiary/aromatic N) is 2. The molecule has 0 N–H and O–H groups in total. The van der Waals surface area contributed by atoms with Crippen LogP contribution >= 0.6 is 11.3 Å². The van der Waals surface area contributed by atoms with Crippen LogP contribution in [-0.2, 0) is 9.53 Å². The molecule has 2 saturated heterocycles. The van der Waals surface area contributed by atoms with Crippen molar-refractivity contribution >= 4 is 29.4 Å². The van der Waals surface area contributed by atoms with E-state index in [0.717, 1.165) is 17.7 Å². The maximum Gasteiger partial charge on any atom is 0.410 e. The summed E-state index contributed by atoms with van der Waals surface area (Å²) in [5.41, 5.74) is 0. The number of thiophene rings is 1. The van der Waals surface area contributed by atoms with E-state index >= 15 is 0 Å². The third-order valence-electron chi connectivity index (χ3n) is 3.94. The number of carbonyl (C=O) groups excluding carboxylic acids is 2. The van der Waals surface area contributed by atoms with Gasteiger partial charge in [0, 0.05) is 30.1 Å². The first kappa shape index (κ1) is 14.1. The lowest BCUT2D eigenvalue weighted by molar-refractivity contribution is -0.127. The number of ether oxygens (including phenoxy) is 1. The minimum atomic E-state index is -0.211. The van der Waals surface area contributed by atoms with Crippen LogP contribution in [0, 0.1) is 0 Å². The van der Waals surface area contributed by atoms with Gasteiger partial charge in [-0.05, 0) is 30.4 Å². The van der Waals surface area contributed by atoms with E-state index in [1.165, 1.54) is 0 Å². The molecule has 0 saturated carbocycles. The molecule has 0 spiro atoms. The summed E-state index contributed by atoms with van der Waals surface area (Å²) in [6, 6.07) is 4.17. The van der Waals surface area contributed by atoms with Gasteiger partial charge in [-0.2, -0.15) is 0 Å². The highest BCUT2D eigenvalue weighted by Crippen LogP contribution is 2.20. The molecule has 0 bridgehead atoms. The molecule has 21 heavy (non-hydrogen) atoms. The number of piperidine rings is 1. The van der Waals surface area contributed by atoms with Crippen molar-refractivity contribution in [3.05, 3.63) is 28.5 Å². The van der Waals surface area contributed by atoms with E-state index in [1.54, 1.807) is 22.3 Å². The van der Waals surface area contributed by atoms with Gasteiger partial charge in [0.1, 0.15) is 6.61 Å². The maximum atomic E-state index is 12.1. The summed E-state index contributed by atoms with van der Waals surface area (Å²) in [6.45, 7) is 2.56. The van der Waals surface area contributed by atoms with Gasteiger partial charge in [0.25, 0.3) is 0 Å². The number of rotatable bonds is 3. The molecular weight excluding hydrogens is 288 g/mol. The van der Waals surface area contributed by atoms with Crippen molar-refractivity contribution in [2.75, 3.05) is 26.2 Å². The minimum absolute atomic E-state index is 0.0471. The summed E-state index contributed by atoms with van der Waals surface area (Å²) < 4.78 is 4.97. The Balaban J connectivity index is 1.51. The van der Waals surface area contributed by atoms with Crippen molar-refractivity contribution in [3.8, 4) is 0 Å². The Morgan fingerprint density at radius 3 is 2.76 bits per heavy atom. The third-order valence-corrected chi connectivity index (χ3v) is 4.78. The van der Waals surface area contributed by atoms with Crippen molar-refractivity contribution in [1.29, 1.82) is 0 Å². The van der Waals surface area contributed by atoms with Crippen molar-refractivity contribution in [1.82, 2.24) is 9.80 Å². The van der Waals surface area contributed by atoms with E-state index in [1.807, 2.05) is 28.5 Å². The van der Waals surface area contributed by atoms with E-state index in [0.29, 0.717) is 26.2 Å². The average Bonchev–Trinajstić information content (AvgIpc) is 3.16. The van der Waals surface area contributed by atoms with Crippen LogP contribution in [0.25, 0.3) is 6.08 Å². The van der Waals surface area contributed by atoms with Crippen molar-refractivity contribution in [2.24, 2.45) is 0 Å². The zero-order valence-electron chi connectivity index (χ0n) is 11.7. The average molecular weight is 306 g/mol. The lowest BCUT2D eigenvalue weighted by Gasteiger charge is -2.35. The molecule has 0 radical (unpaired) electrons. The monoisotopic (exact) mass is 306 g/mol. The van der Waals surface area contributed by atoms with Gasteiger partial charge >= 0.3 is 6.09 Å². The first-order valence-corrected chi connectivity index (χ1v) is 8.06. The smallest absolute Gasteiger partial charge is 0.410 e. The van der Waals surface area contributed by atoms with Gasteiger partial charge in [0.05, 0.1) is 6.54 Å². The van der Waals surface area contributed by atoms with E-state index in [9.17, 15) is 9.59 Å². The lowest BCUT2D eigenvalue weighted by atomic mass is 10.0. The molecule has 2 amide bonds. The minimum Gasteiger partial charge on any atom is -0.448 e. The van der Waals surface area contributed by atoms with E-state index < -0.39 is 0 Å². The Kier molecular flexibility index (Phi) is 4.24. The maximum absolute atomic E-state index is 12.1. The molecule has 112 valence electrons. The van der Waals surface area contributed by atoms with E-state index in [-0.39, 0.29) is 18.0 Å². The zero-order chi connectivity index (χ0) is 14.7. The van der Waals surface area contributed by atoms with Gasteiger partial charge in [0.15, 0.2) is 0 Å². The van der Waals surface area contributed by atoms with Gasteiger partial charge in [-0.15, -0.1) is 11.3 Å². The molecule has 0 aliphatic carbocycles. The SMILES string of the molecule is O=C(C=Cc1cccs1)N1CCC(N2CCOC2=O)CC1. The van der Waals surface area contributed by atoms with Gasteiger partial charge in [-0.25, -0.2) is 4.79 Å². The predicted octanol–water partition coefficient (Wildman–Crippen LogP) is 2.20. The predicted molar refractivity (Wildman–Crippen MR) is 81.0 cm³/mol. The highest BCUT2D eigenvalue weighted by atomic mass is 32.1. The Morgan fingerprint density at radius 2 is 2.14 bits per heavy atom. The van der Waals surface area contributed by atoms with Gasteiger partial charge in [-0.1, -0.05) is 6.07 Å². The van der Waals surface area contributed by atoms with Gasteiger partial charge in [0.2, 0.25) is 5.91 Å². The van der Waals surface area contributed by atoms with Crippen molar-refractivity contribution < 1.29 is 14.3 Å². The second-order valence-corrected chi connectivity index (χ2v) is 6.19. The fourth-order valence-electron chi connectivity index (χ4n) is 2.78. The summed E-state index contributed by atoms with van der Waals surface area (Å²) in [7, 11) is 0. The summed E-state index contributed by atoms with van der Waals surface area (Å²) in [5, 5.41) is 1.99. The molecule has 3 rings (SSSR count). The highest BCUT2D eigenvalue weighted by Gasteiger charge is 2.32. The van der Waals surface area contributed by atoms with Crippen LogP contribution in [0.5, 0.6) is 0 Å². The molecule has 2 aliphatic heterocycles. The molecule has 2 fully saturated rings. The fraction of sp³-hybridized carbons (Fsp3) is 0.467. The second-order valence-electron chi connectivity index (χ2n) is 5.21. The van der Waals surface area contributed by atoms with E-state index in [2.05, 4.69) is 0 Å². The van der Waals surface area contributed by atoms with Crippen LogP contribution in [0.1, 0.15) is 17.7 Å². The van der Waals surface area contributed by atoms with Crippen LogP contribution in [0.4, 0.5) is 4.79 Å². The fourth-order valence-corrected chi connectivity index (χ4v) is 3.40. The number of hydrogen-bond donors (Lipinski definition) is 0. The lowest BCUT2D eigenvalue weighted by Crippen LogP contribution is -2.46. The number of hydrogen-bond acceptors (Lipinski definition) is 4. The van der Waals surface area contributed by atoms with Crippen molar-refractivity contribution in [2.45, 2.75) is 18.9 Å². The molecule has 2 aliphatic rings. The first-order chi connectivity index (χ1) is 10.2. The topological polar surface area (TPSA) is 49.9 Å². The first-order valence-electron chi connectivity index (χ1n) is 7.18. The summed E-state index contributed by atoms with van der Waals surface area (Å²) in [5.74, 6) is 0.0471. The summed E-state index contributed by atoms with van der Waals surface area (Å²) >= 11 is 1.61. The molecule has 1 aromatic rings. The second kappa shape index (κ2) is 6.30. The number of carbonyl (C=O) groups is 2. The van der Waals surface area contributed by atoms with Crippen LogP contribution in [0.3, 0.4) is 0 Å². The molecule has 5 nitrogen and oxygen atoms in total. The molecule has 0 atom stereocenters. The number of amides is 2. The van der Waals surface area contributed by atoms with Crippen LogP contribution in [-0.4, -0.2) is 54.1 Å². The Hall–Kier alpha value is -1.82. The number of cyclic esters (lactones) is 1. The Bertz CT molecular complexity index is 533. The van der Waals surface area contributed by atoms with Crippen LogP contribution in [0.2, 0.25) is 0 Å². The summed E-state index contributed by atoms with van der Waals surface area (Å²) in [4.78, 5) is 28.4. The van der Waals surface area contributed by atoms with Crippen LogP contribution < -0.4 is 0 Å². The normalized spacial score (nSPS) is 20.3. The largest absolute Gasteiger partial charge is 0.448 e. The molecule has 6 heteroatoms. The Labute approximate surface area is 127 Å². The highest BCUT2D eigenvalue weighted by molar-refractivity contribution is 7.10. The van der Waals surface area contributed by atoms with E-state index in [4.69, 9.17) is 4.74 Å². The number of likely N-dealkylation sites (tertiary alicyclic amines) is 1. The molecule has 3 heterocycles.